The van der Waals surface area contributed by atoms with Gasteiger partial charge in [0.15, 0.2) is 0 Å². The van der Waals surface area contributed by atoms with E-state index >= 15 is 0 Å². The Balaban J connectivity index is 1.67. The van der Waals surface area contributed by atoms with E-state index in [0.29, 0.717) is 29.6 Å². The first-order valence-corrected chi connectivity index (χ1v) is 7.99. The molecule has 2 aliphatic rings. The minimum Gasteiger partial charge on any atom is -0.341 e. The van der Waals surface area contributed by atoms with Crippen molar-refractivity contribution in [3.05, 3.63) is 33.8 Å². The van der Waals surface area contributed by atoms with E-state index in [1.807, 2.05) is 24.0 Å². The molecule has 1 saturated heterocycles. The summed E-state index contributed by atoms with van der Waals surface area (Å²) in [7, 11) is 0. The summed E-state index contributed by atoms with van der Waals surface area (Å²) in [5, 5.41) is 1.21. The molecule has 112 valence electrons. The first kappa shape index (κ1) is 14.9. The summed E-state index contributed by atoms with van der Waals surface area (Å²) in [6.07, 6.45) is 1.32. The van der Waals surface area contributed by atoms with E-state index < -0.39 is 0 Å². The van der Waals surface area contributed by atoms with Gasteiger partial charge in [-0.2, -0.15) is 0 Å². The fourth-order valence-corrected chi connectivity index (χ4v) is 3.62. The number of carbonyl (C=O) groups is 2. The average molecular weight is 326 g/mol. The highest BCUT2D eigenvalue weighted by atomic mass is 35.5. The molecule has 3 atom stereocenters. The molecule has 3 nitrogen and oxygen atoms in total. The van der Waals surface area contributed by atoms with Crippen molar-refractivity contribution >= 4 is 34.9 Å². The van der Waals surface area contributed by atoms with E-state index in [9.17, 15) is 9.59 Å². The number of hydrogen-bond donors (Lipinski definition) is 0. The van der Waals surface area contributed by atoms with Crippen LogP contribution in [-0.2, 0) is 9.59 Å². The fraction of sp³-hybridized carbons (Fsp3) is 0.500. The van der Waals surface area contributed by atoms with Crippen LogP contribution >= 0.6 is 23.2 Å². The minimum absolute atomic E-state index is 0.0138. The zero-order valence-corrected chi connectivity index (χ0v) is 13.3. The van der Waals surface area contributed by atoms with Crippen molar-refractivity contribution in [2.45, 2.75) is 25.7 Å². The maximum absolute atomic E-state index is 12.5. The standard InChI is InChI=1S/C16H17Cl2NO2/c1-9-8-19(3-2-15(9)20)16(21)14-7-13(14)10-4-11(17)6-12(18)5-10/h4-6,9,13-14H,2-3,7-8H2,1H3/t9-,13+,14-/m1/s1. The Labute approximate surface area is 134 Å². The van der Waals surface area contributed by atoms with Gasteiger partial charge in [0.05, 0.1) is 0 Å². The lowest BCUT2D eigenvalue weighted by Gasteiger charge is -2.30. The van der Waals surface area contributed by atoms with Crippen molar-refractivity contribution in [2.75, 3.05) is 13.1 Å². The Morgan fingerprint density at radius 2 is 1.90 bits per heavy atom. The molecule has 1 aliphatic heterocycles. The molecule has 0 bridgehead atoms. The molecule has 1 aliphatic carbocycles. The van der Waals surface area contributed by atoms with E-state index in [2.05, 4.69) is 0 Å². The van der Waals surface area contributed by atoms with Crippen molar-refractivity contribution in [1.82, 2.24) is 4.90 Å². The fourth-order valence-electron chi connectivity index (χ4n) is 3.08. The first-order valence-electron chi connectivity index (χ1n) is 7.23. The first-order chi connectivity index (χ1) is 9.95. The second-order valence-electron chi connectivity index (χ2n) is 6.05. The van der Waals surface area contributed by atoms with Gasteiger partial charge in [-0.1, -0.05) is 30.1 Å². The van der Waals surface area contributed by atoms with Crippen LogP contribution in [0.3, 0.4) is 0 Å². The molecule has 0 spiro atoms. The topological polar surface area (TPSA) is 37.4 Å². The monoisotopic (exact) mass is 325 g/mol. The summed E-state index contributed by atoms with van der Waals surface area (Å²) in [6, 6.07) is 5.46. The van der Waals surface area contributed by atoms with Gasteiger partial charge in [0.25, 0.3) is 0 Å². The summed E-state index contributed by atoms with van der Waals surface area (Å²) >= 11 is 12.0. The number of nitrogens with zero attached hydrogens (tertiary/aromatic N) is 1. The zero-order valence-electron chi connectivity index (χ0n) is 11.8. The molecule has 0 N–H and O–H groups in total. The van der Waals surface area contributed by atoms with E-state index in [0.717, 1.165) is 12.0 Å². The van der Waals surface area contributed by atoms with Gasteiger partial charge in [0.1, 0.15) is 5.78 Å². The van der Waals surface area contributed by atoms with Gasteiger partial charge >= 0.3 is 0 Å². The van der Waals surface area contributed by atoms with Gasteiger partial charge in [0.2, 0.25) is 5.91 Å². The van der Waals surface area contributed by atoms with E-state index in [1.165, 1.54) is 0 Å². The number of carbonyl (C=O) groups excluding carboxylic acids is 2. The molecule has 21 heavy (non-hydrogen) atoms. The van der Waals surface area contributed by atoms with Crippen LogP contribution in [0.4, 0.5) is 0 Å². The number of likely N-dealkylation sites (tertiary alicyclic amines) is 1. The summed E-state index contributed by atoms with van der Waals surface area (Å²) < 4.78 is 0. The maximum Gasteiger partial charge on any atom is 0.226 e. The molecule has 1 saturated carbocycles. The third kappa shape index (κ3) is 3.09. The van der Waals surface area contributed by atoms with E-state index in [-0.39, 0.29) is 29.4 Å². The van der Waals surface area contributed by atoms with Crippen LogP contribution in [0.1, 0.15) is 31.2 Å². The second-order valence-corrected chi connectivity index (χ2v) is 6.93. The predicted molar refractivity (Wildman–Crippen MR) is 82.7 cm³/mol. The molecule has 1 amide bonds. The molecule has 1 aromatic carbocycles. The number of ketones is 1. The number of Topliss-reactive ketones (excluding diaryl/α,β-unsaturated/α-hetero) is 1. The van der Waals surface area contributed by atoms with E-state index in [1.54, 1.807) is 6.07 Å². The summed E-state index contributed by atoms with van der Waals surface area (Å²) in [4.78, 5) is 25.9. The second kappa shape index (κ2) is 5.62. The molecule has 3 rings (SSSR count). The number of rotatable bonds is 2. The number of halogens is 2. The number of piperidine rings is 1. The molecule has 1 heterocycles. The molecule has 1 aromatic rings. The lowest BCUT2D eigenvalue weighted by molar-refractivity contribution is -0.138. The van der Waals surface area contributed by atoms with Crippen molar-refractivity contribution in [3.63, 3.8) is 0 Å². The highest BCUT2D eigenvalue weighted by Crippen LogP contribution is 2.49. The zero-order chi connectivity index (χ0) is 15.1. The Morgan fingerprint density at radius 1 is 1.24 bits per heavy atom. The van der Waals surface area contributed by atoms with Crippen LogP contribution in [0, 0.1) is 11.8 Å². The Kier molecular flexibility index (Phi) is 3.98. The third-order valence-corrected chi connectivity index (χ3v) is 4.84. The van der Waals surface area contributed by atoms with Crippen LogP contribution in [0.25, 0.3) is 0 Å². The summed E-state index contributed by atoms with van der Waals surface area (Å²) in [5.74, 6) is 0.602. The van der Waals surface area contributed by atoms with Crippen LogP contribution < -0.4 is 0 Å². The summed E-state index contributed by atoms with van der Waals surface area (Å²) in [5.41, 5.74) is 1.03. The number of hydrogen-bond acceptors (Lipinski definition) is 2. The average Bonchev–Trinajstić information content (AvgIpc) is 3.20. The lowest BCUT2D eigenvalue weighted by atomic mass is 9.98. The van der Waals surface area contributed by atoms with Crippen molar-refractivity contribution in [2.24, 2.45) is 11.8 Å². The Hall–Kier alpha value is -1.06. The van der Waals surface area contributed by atoms with E-state index in [4.69, 9.17) is 23.2 Å². The van der Waals surface area contributed by atoms with Gasteiger partial charge in [-0.05, 0) is 36.1 Å². The molecule has 0 aromatic heterocycles. The van der Waals surface area contributed by atoms with Gasteiger partial charge < -0.3 is 4.90 Å². The van der Waals surface area contributed by atoms with Crippen molar-refractivity contribution in [3.8, 4) is 0 Å². The lowest BCUT2D eigenvalue weighted by Crippen LogP contribution is -2.44. The predicted octanol–water partition coefficient (Wildman–Crippen LogP) is 3.53. The molecule has 0 unspecified atom stereocenters. The van der Waals surface area contributed by atoms with Gasteiger partial charge in [-0.3, -0.25) is 9.59 Å². The van der Waals surface area contributed by atoms with Crippen LogP contribution in [0.5, 0.6) is 0 Å². The normalized spacial score (nSPS) is 28.6. The summed E-state index contributed by atoms with van der Waals surface area (Å²) in [6.45, 7) is 3.00. The van der Waals surface area contributed by atoms with Gasteiger partial charge in [0, 0.05) is 41.4 Å². The third-order valence-electron chi connectivity index (χ3n) is 4.40. The molecule has 5 heteroatoms. The largest absolute Gasteiger partial charge is 0.341 e. The number of amides is 1. The van der Waals surface area contributed by atoms with Crippen molar-refractivity contribution < 1.29 is 9.59 Å². The number of benzene rings is 1. The quantitative estimate of drug-likeness (QED) is 0.834. The maximum atomic E-state index is 12.5. The molecule has 0 radical (unpaired) electrons. The van der Waals surface area contributed by atoms with Crippen LogP contribution in [0.15, 0.2) is 18.2 Å². The van der Waals surface area contributed by atoms with Crippen molar-refractivity contribution in [1.29, 1.82) is 0 Å². The van der Waals surface area contributed by atoms with Crippen LogP contribution in [0.2, 0.25) is 10.0 Å². The van der Waals surface area contributed by atoms with Crippen LogP contribution in [-0.4, -0.2) is 29.7 Å². The molecular formula is C16H17Cl2NO2. The highest BCUT2D eigenvalue weighted by molar-refractivity contribution is 6.34. The van der Waals surface area contributed by atoms with Gasteiger partial charge in [-0.15, -0.1) is 0 Å². The SMILES string of the molecule is C[C@@H]1CN(C(=O)[C@@H]2C[C@H]2c2cc(Cl)cc(Cl)c2)CCC1=O. The smallest absolute Gasteiger partial charge is 0.226 e. The molecular weight excluding hydrogens is 309 g/mol. The molecule has 2 fully saturated rings. The minimum atomic E-state index is -0.0412. The highest BCUT2D eigenvalue weighted by Gasteiger charge is 2.46. The Morgan fingerprint density at radius 3 is 2.52 bits per heavy atom. The Bertz CT molecular complexity index is 582. The van der Waals surface area contributed by atoms with Gasteiger partial charge in [-0.25, -0.2) is 0 Å².